The van der Waals surface area contributed by atoms with Crippen LogP contribution in [0.15, 0.2) is 45.6 Å². The molecule has 0 saturated heterocycles. The molecule has 0 radical (unpaired) electrons. The maximum Gasteiger partial charge on any atom is 0.338 e. The van der Waals surface area contributed by atoms with Crippen molar-refractivity contribution in [3.05, 3.63) is 52.5 Å². The summed E-state index contributed by atoms with van der Waals surface area (Å²) < 4.78 is 15.9. The first-order valence-electron chi connectivity index (χ1n) is 7.87. The zero-order valence-corrected chi connectivity index (χ0v) is 14.8. The van der Waals surface area contributed by atoms with Crippen LogP contribution in [0.1, 0.15) is 30.1 Å². The lowest BCUT2D eigenvalue weighted by Gasteiger charge is -2.09. The van der Waals surface area contributed by atoms with Crippen molar-refractivity contribution in [1.82, 2.24) is 10.1 Å². The fraction of sp³-hybridized carbons (Fsp3) is 0.278. The Bertz CT molecular complexity index is 810. The van der Waals surface area contributed by atoms with Crippen molar-refractivity contribution in [2.45, 2.75) is 20.5 Å². The van der Waals surface area contributed by atoms with Gasteiger partial charge in [0, 0.05) is 10.9 Å². The van der Waals surface area contributed by atoms with Crippen LogP contribution in [0.4, 0.5) is 0 Å². The van der Waals surface area contributed by atoms with Crippen LogP contribution in [0.3, 0.4) is 0 Å². The summed E-state index contributed by atoms with van der Waals surface area (Å²) in [7, 11) is 0. The van der Waals surface area contributed by atoms with Crippen LogP contribution >= 0.6 is 11.3 Å². The highest BCUT2D eigenvalue weighted by atomic mass is 32.1. The van der Waals surface area contributed by atoms with Gasteiger partial charge in [0.25, 0.3) is 5.89 Å². The van der Waals surface area contributed by atoms with Gasteiger partial charge in [-0.05, 0) is 41.6 Å². The predicted octanol–water partition coefficient (Wildman–Crippen LogP) is 4.19. The van der Waals surface area contributed by atoms with E-state index in [4.69, 9.17) is 14.0 Å². The number of rotatable bonds is 7. The Kier molecular flexibility index (Phi) is 5.45. The number of benzene rings is 1. The number of carbonyl (C=O) groups excluding carboxylic acids is 1. The summed E-state index contributed by atoms with van der Waals surface area (Å²) in [5.74, 6) is 1.46. The molecule has 0 atom stereocenters. The Morgan fingerprint density at radius 3 is 2.72 bits per heavy atom. The molecule has 7 heteroatoms. The van der Waals surface area contributed by atoms with E-state index in [2.05, 4.69) is 24.0 Å². The molecular weight excluding hydrogens is 340 g/mol. The fourth-order valence-electron chi connectivity index (χ4n) is 1.98. The van der Waals surface area contributed by atoms with Crippen molar-refractivity contribution in [2.75, 3.05) is 6.61 Å². The van der Waals surface area contributed by atoms with Gasteiger partial charge in [0.15, 0.2) is 6.61 Å². The smallest absolute Gasteiger partial charge is 0.338 e. The van der Waals surface area contributed by atoms with E-state index in [1.165, 1.54) is 0 Å². The maximum absolute atomic E-state index is 12.1. The van der Waals surface area contributed by atoms with Crippen LogP contribution in [-0.4, -0.2) is 22.7 Å². The highest BCUT2D eigenvalue weighted by Gasteiger charge is 2.13. The standard InChI is InChI=1S/C18H18N2O4S/c1-12(2)9-22-15-5-3-13(4-6-15)18(21)23-10-16-19-17(20-24-16)14-7-8-25-11-14/h3-8,11-12H,9-10H2,1-2H3. The van der Waals surface area contributed by atoms with Gasteiger partial charge in [-0.15, -0.1) is 0 Å². The van der Waals surface area contributed by atoms with Crippen molar-refractivity contribution in [3.63, 3.8) is 0 Å². The average Bonchev–Trinajstić information content (AvgIpc) is 3.29. The monoisotopic (exact) mass is 358 g/mol. The molecule has 0 aliphatic heterocycles. The Balaban J connectivity index is 1.54. The lowest BCUT2D eigenvalue weighted by Crippen LogP contribution is -2.07. The first-order chi connectivity index (χ1) is 12.1. The SMILES string of the molecule is CC(C)COc1ccc(C(=O)OCc2nc(-c3ccsc3)no2)cc1. The number of ether oxygens (including phenoxy) is 2. The van der Waals surface area contributed by atoms with Crippen molar-refractivity contribution in [2.24, 2.45) is 5.92 Å². The van der Waals surface area contributed by atoms with E-state index in [0.717, 1.165) is 11.3 Å². The van der Waals surface area contributed by atoms with E-state index in [0.29, 0.717) is 23.9 Å². The zero-order valence-electron chi connectivity index (χ0n) is 14.0. The molecule has 0 aliphatic rings. The number of esters is 1. The second kappa shape index (κ2) is 7.94. The molecule has 2 aromatic heterocycles. The number of carbonyl (C=O) groups is 1. The average molecular weight is 358 g/mol. The highest BCUT2D eigenvalue weighted by molar-refractivity contribution is 7.08. The molecular formula is C18H18N2O4S. The Labute approximate surface area is 149 Å². The maximum atomic E-state index is 12.1. The van der Waals surface area contributed by atoms with Gasteiger partial charge < -0.3 is 14.0 Å². The largest absolute Gasteiger partial charge is 0.493 e. The van der Waals surface area contributed by atoms with E-state index >= 15 is 0 Å². The summed E-state index contributed by atoms with van der Waals surface area (Å²) in [5.41, 5.74) is 1.32. The van der Waals surface area contributed by atoms with Crippen molar-refractivity contribution < 1.29 is 18.8 Å². The molecule has 0 saturated carbocycles. The quantitative estimate of drug-likeness (QED) is 0.590. The third-order valence-corrected chi connectivity index (χ3v) is 3.93. The molecule has 0 N–H and O–H groups in total. The van der Waals surface area contributed by atoms with Gasteiger partial charge in [0.05, 0.1) is 12.2 Å². The Morgan fingerprint density at radius 2 is 2.04 bits per heavy atom. The molecule has 1 aromatic carbocycles. The van der Waals surface area contributed by atoms with Crippen LogP contribution in [0, 0.1) is 5.92 Å². The third-order valence-electron chi connectivity index (χ3n) is 3.25. The van der Waals surface area contributed by atoms with Crippen LogP contribution < -0.4 is 4.74 Å². The minimum Gasteiger partial charge on any atom is -0.493 e. The van der Waals surface area contributed by atoms with Crippen molar-refractivity contribution >= 4 is 17.3 Å². The van der Waals surface area contributed by atoms with Crippen LogP contribution in [-0.2, 0) is 11.3 Å². The van der Waals surface area contributed by atoms with Gasteiger partial charge in [-0.25, -0.2) is 4.79 Å². The fourth-order valence-corrected chi connectivity index (χ4v) is 2.62. The molecule has 0 unspecified atom stereocenters. The number of aromatic nitrogens is 2. The predicted molar refractivity (Wildman–Crippen MR) is 93.5 cm³/mol. The second-order valence-electron chi connectivity index (χ2n) is 5.83. The normalized spacial score (nSPS) is 10.8. The first-order valence-corrected chi connectivity index (χ1v) is 8.81. The van der Waals surface area contributed by atoms with Gasteiger partial charge in [-0.3, -0.25) is 0 Å². The molecule has 6 nitrogen and oxygen atoms in total. The number of hydrogen-bond acceptors (Lipinski definition) is 7. The van der Waals surface area contributed by atoms with Crippen LogP contribution in [0.5, 0.6) is 5.75 Å². The molecule has 2 heterocycles. The molecule has 0 bridgehead atoms. The number of nitrogens with zero attached hydrogens (tertiary/aromatic N) is 2. The molecule has 0 fully saturated rings. The number of hydrogen-bond donors (Lipinski definition) is 0. The molecule has 130 valence electrons. The van der Waals surface area contributed by atoms with E-state index in [1.54, 1.807) is 35.6 Å². The molecule has 0 spiro atoms. The lowest BCUT2D eigenvalue weighted by atomic mass is 10.2. The van der Waals surface area contributed by atoms with E-state index in [9.17, 15) is 4.79 Å². The molecule has 0 amide bonds. The highest BCUT2D eigenvalue weighted by Crippen LogP contribution is 2.19. The lowest BCUT2D eigenvalue weighted by molar-refractivity contribution is 0.0430. The Morgan fingerprint density at radius 1 is 1.24 bits per heavy atom. The van der Waals surface area contributed by atoms with Crippen molar-refractivity contribution in [1.29, 1.82) is 0 Å². The first kappa shape index (κ1) is 17.2. The summed E-state index contributed by atoms with van der Waals surface area (Å²) >= 11 is 1.55. The molecule has 3 aromatic rings. The topological polar surface area (TPSA) is 74.5 Å². The van der Waals surface area contributed by atoms with E-state index < -0.39 is 5.97 Å². The second-order valence-corrected chi connectivity index (χ2v) is 6.61. The summed E-state index contributed by atoms with van der Waals surface area (Å²) in [4.78, 5) is 16.3. The van der Waals surface area contributed by atoms with Gasteiger partial charge in [-0.1, -0.05) is 19.0 Å². The summed E-state index contributed by atoms with van der Waals surface area (Å²) in [5, 5.41) is 7.72. The van der Waals surface area contributed by atoms with Gasteiger partial charge >= 0.3 is 5.97 Å². The van der Waals surface area contributed by atoms with Crippen molar-refractivity contribution in [3.8, 4) is 17.1 Å². The number of thiophene rings is 1. The summed E-state index contributed by atoms with van der Waals surface area (Å²) in [6.07, 6.45) is 0. The Hall–Kier alpha value is -2.67. The van der Waals surface area contributed by atoms with E-state index in [-0.39, 0.29) is 12.5 Å². The summed E-state index contributed by atoms with van der Waals surface area (Å²) in [6, 6.07) is 8.74. The zero-order chi connectivity index (χ0) is 17.6. The van der Waals surface area contributed by atoms with E-state index in [1.807, 2.05) is 16.8 Å². The minimum atomic E-state index is -0.453. The van der Waals surface area contributed by atoms with Gasteiger partial charge in [0.1, 0.15) is 5.75 Å². The third kappa shape index (κ3) is 4.67. The molecule has 0 aliphatic carbocycles. The molecule has 25 heavy (non-hydrogen) atoms. The molecule has 3 rings (SSSR count). The van der Waals surface area contributed by atoms with Crippen LogP contribution in [0.2, 0.25) is 0 Å². The van der Waals surface area contributed by atoms with Gasteiger partial charge in [-0.2, -0.15) is 16.3 Å². The summed E-state index contributed by atoms with van der Waals surface area (Å²) in [6.45, 7) is 4.72. The van der Waals surface area contributed by atoms with Gasteiger partial charge in [0.2, 0.25) is 5.82 Å². The minimum absolute atomic E-state index is 0.0679. The van der Waals surface area contributed by atoms with Crippen LogP contribution in [0.25, 0.3) is 11.4 Å².